The number of nitrogens with zero attached hydrogens (tertiary/aromatic N) is 2. The monoisotopic (exact) mass is 425 g/mol. The second-order valence-corrected chi connectivity index (χ2v) is 7.27. The van der Waals surface area contributed by atoms with Crippen molar-refractivity contribution in [3.05, 3.63) is 89.5 Å². The van der Waals surface area contributed by atoms with Gasteiger partial charge in [0.1, 0.15) is 0 Å². The molecular formula is C26H23N3O3. The van der Waals surface area contributed by atoms with Crippen molar-refractivity contribution in [2.45, 2.75) is 13.8 Å². The van der Waals surface area contributed by atoms with Gasteiger partial charge in [0.2, 0.25) is 0 Å². The van der Waals surface area contributed by atoms with Crippen molar-refractivity contribution in [3.63, 3.8) is 0 Å². The lowest BCUT2D eigenvalue weighted by Gasteiger charge is -2.10. The van der Waals surface area contributed by atoms with Crippen molar-refractivity contribution >= 4 is 23.0 Å². The number of hydrogen-bond donors (Lipinski definition) is 2. The summed E-state index contributed by atoms with van der Waals surface area (Å²) in [7, 11) is 0. The van der Waals surface area contributed by atoms with Crippen molar-refractivity contribution in [3.8, 4) is 22.8 Å². The molecule has 0 aliphatic heterocycles. The van der Waals surface area contributed by atoms with Gasteiger partial charge in [-0.05, 0) is 44.2 Å². The summed E-state index contributed by atoms with van der Waals surface area (Å²) in [5, 5.41) is 15.1. The highest BCUT2D eigenvalue weighted by atomic mass is 16.5. The van der Waals surface area contributed by atoms with Gasteiger partial charge in [-0.25, -0.2) is 10.4 Å². The molecule has 0 radical (unpaired) electrons. The van der Waals surface area contributed by atoms with Crippen molar-refractivity contribution < 1.29 is 14.6 Å². The van der Waals surface area contributed by atoms with Gasteiger partial charge < -0.3 is 9.84 Å². The van der Waals surface area contributed by atoms with Crippen LogP contribution in [0, 0.1) is 6.92 Å². The summed E-state index contributed by atoms with van der Waals surface area (Å²) < 4.78 is 5.38. The summed E-state index contributed by atoms with van der Waals surface area (Å²) in [6, 6.07) is 22.4. The summed E-state index contributed by atoms with van der Waals surface area (Å²) in [5.74, 6) is -0.0247. The Labute approximate surface area is 186 Å². The molecule has 3 aromatic carbocycles. The van der Waals surface area contributed by atoms with Crippen molar-refractivity contribution in [1.82, 2.24) is 10.4 Å². The molecule has 6 nitrogen and oxygen atoms in total. The minimum Gasteiger partial charge on any atom is -0.504 e. The summed E-state index contributed by atoms with van der Waals surface area (Å²) in [4.78, 5) is 17.7. The van der Waals surface area contributed by atoms with E-state index in [9.17, 15) is 9.90 Å². The zero-order valence-corrected chi connectivity index (χ0v) is 17.9. The number of amides is 1. The smallest absolute Gasteiger partial charge is 0.272 e. The Bertz CT molecular complexity index is 1310. The van der Waals surface area contributed by atoms with Gasteiger partial charge in [-0.2, -0.15) is 5.10 Å². The lowest BCUT2D eigenvalue weighted by molar-refractivity contribution is 0.0956. The lowest BCUT2D eigenvalue weighted by atomic mass is 10.0. The predicted molar refractivity (Wildman–Crippen MR) is 126 cm³/mol. The topological polar surface area (TPSA) is 83.8 Å². The molecule has 0 aliphatic rings. The average molecular weight is 425 g/mol. The number of aromatic nitrogens is 1. The van der Waals surface area contributed by atoms with E-state index >= 15 is 0 Å². The maximum atomic E-state index is 13.0. The number of fused-ring (bicyclic) bond motifs is 1. The molecule has 2 N–H and O–H groups in total. The number of aryl methyl sites for hydroxylation is 1. The van der Waals surface area contributed by atoms with Crippen LogP contribution in [-0.4, -0.2) is 28.8 Å². The molecule has 0 atom stereocenters. The Balaban J connectivity index is 1.65. The maximum absolute atomic E-state index is 13.0. The fourth-order valence-corrected chi connectivity index (χ4v) is 3.45. The zero-order valence-electron chi connectivity index (χ0n) is 17.9. The fourth-order valence-electron chi connectivity index (χ4n) is 3.45. The largest absolute Gasteiger partial charge is 0.504 e. The van der Waals surface area contributed by atoms with Gasteiger partial charge in [-0.3, -0.25) is 4.79 Å². The van der Waals surface area contributed by atoms with Crippen molar-refractivity contribution in [2.75, 3.05) is 6.61 Å². The van der Waals surface area contributed by atoms with Crippen LogP contribution in [0.3, 0.4) is 0 Å². The number of aromatic hydroxyl groups is 1. The Morgan fingerprint density at radius 3 is 2.72 bits per heavy atom. The van der Waals surface area contributed by atoms with Crippen LogP contribution >= 0.6 is 0 Å². The van der Waals surface area contributed by atoms with E-state index in [4.69, 9.17) is 9.72 Å². The number of rotatable bonds is 6. The number of hydrogen-bond acceptors (Lipinski definition) is 5. The van der Waals surface area contributed by atoms with E-state index in [-0.39, 0.29) is 11.7 Å². The van der Waals surface area contributed by atoms with E-state index < -0.39 is 0 Å². The van der Waals surface area contributed by atoms with Crippen LogP contribution < -0.4 is 10.2 Å². The van der Waals surface area contributed by atoms with Crippen LogP contribution in [0.2, 0.25) is 0 Å². The average Bonchev–Trinajstić information content (AvgIpc) is 2.80. The highest BCUT2D eigenvalue weighted by Crippen LogP contribution is 2.29. The summed E-state index contributed by atoms with van der Waals surface area (Å²) in [6.45, 7) is 4.29. The molecule has 0 saturated heterocycles. The summed E-state index contributed by atoms with van der Waals surface area (Å²) in [5.41, 5.74) is 6.95. The molecule has 1 heterocycles. The van der Waals surface area contributed by atoms with Gasteiger partial charge in [0.15, 0.2) is 11.5 Å². The van der Waals surface area contributed by atoms with Gasteiger partial charge in [0.05, 0.1) is 29.6 Å². The second kappa shape index (κ2) is 9.31. The van der Waals surface area contributed by atoms with E-state index in [1.165, 1.54) is 6.21 Å². The molecule has 32 heavy (non-hydrogen) atoms. The number of carbonyl (C=O) groups excluding carboxylic acids is 1. The molecule has 0 bridgehead atoms. The SMILES string of the molecule is CCOc1cccc(/C=N\NC(=O)c2cc(-c3cccc(C)c3)nc3ccccc23)c1O. The van der Waals surface area contributed by atoms with Crippen LogP contribution in [-0.2, 0) is 0 Å². The molecule has 4 rings (SSSR count). The molecular weight excluding hydrogens is 402 g/mol. The quantitative estimate of drug-likeness (QED) is 0.333. The molecule has 4 aromatic rings. The van der Waals surface area contributed by atoms with Crippen LogP contribution in [0.1, 0.15) is 28.4 Å². The Morgan fingerprint density at radius 2 is 1.91 bits per heavy atom. The fraction of sp³-hybridized carbons (Fsp3) is 0.115. The van der Waals surface area contributed by atoms with E-state index in [0.29, 0.717) is 29.2 Å². The highest BCUT2D eigenvalue weighted by molar-refractivity contribution is 6.07. The first-order valence-electron chi connectivity index (χ1n) is 10.3. The first-order valence-corrected chi connectivity index (χ1v) is 10.3. The number of para-hydroxylation sites is 2. The second-order valence-electron chi connectivity index (χ2n) is 7.27. The number of pyridine rings is 1. The van der Waals surface area contributed by atoms with Gasteiger partial charge >= 0.3 is 0 Å². The normalized spacial score (nSPS) is 11.1. The number of nitrogens with one attached hydrogen (secondary N) is 1. The highest BCUT2D eigenvalue weighted by Gasteiger charge is 2.14. The van der Waals surface area contributed by atoms with E-state index in [1.54, 1.807) is 24.3 Å². The third-order valence-corrected chi connectivity index (χ3v) is 4.97. The van der Waals surface area contributed by atoms with E-state index in [1.807, 2.05) is 62.4 Å². The third-order valence-electron chi connectivity index (χ3n) is 4.97. The first kappa shape index (κ1) is 21.1. The Hall–Kier alpha value is -4.19. The number of phenolic OH excluding ortho intramolecular Hbond substituents is 1. The molecule has 0 fully saturated rings. The molecule has 1 aromatic heterocycles. The third kappa shape index (κ3) is 4.44. The van der Waals surface area contributed by atoms with Gasteiger partial charge in [0, 0.05) is 16.5 Å². The summed E-state index contributed by atoms with van der Waals surface area (Å²) >= 11 is 0. The molecule has 0 unspecified atom stereocenters. The van der Waals surface area contributed by atoms with Crippen LogP contribution in [0.4, 0.5) is 0 Å². The Kier molecular flexibility index (Phi) is 6.12. The molecule has 160 valence electrons. The van der Waals surface area contributed by atoms with Crippen molar-refractivity contribution in [1.29, 1.82) is 0 Å². The zero-order chi connectivity index (χ0) is 22.5. The van der Waals surface area contributed by atoms with Gasteiger partial charge in [-0.15, -0.1) is 0 Å². The predicted octanol–water partition coefficient (Wildman–Crippen LogP) is 5.08. The number of carbonyl (C=O) groups is 1. The summed E-state index contributed by atoms with van der Waals surface area (Å²) in [6.07, 6.45) is 1.39. The molecule has 6 heteroatoms. The van der Waals surface area contributed by atoms with Crippen LogP contribution in [0.25, 0.3) is 22.2 Å². The number of benzene rings is 3. The first-order chi connectivity index (χ1) is 15.6. The number of hydrazone groups is 1. The molecule has 0 spiro atoms. The van der Waals surface area contributed by atoms with E-state index in [0.717, 1.165) is 22.0 Å². The van der Waals surface area contributed by atoms with Crippen molar-refractivity contribution in [2.24, 2.45) is 5.10 Å². The number of phenols is 1. The molecule has 0 aliphatic carbocycles. The van der Waals surface area contributed by atoms with Crippen LogP contribution in [0.15, 0.2) is 77.9 Å². The molecule has 0 saturated carbocycles. The lowest BCUT2D eigenvalue weighted by Crippen LogP contribution is -2.18. The number of ether oxygens (including phenoxy) is 1. The molecule has 1 amide bonds. The standard InChI is InChI=1S/C26H23N3O3/c1-3-32-24-13-7-10-19(25(24)30)16-27-29-26(31)21-15-23(18-9-6-8-17(2)14-18)28-22-12-5-4-11-20(21)22/h4-16,30H,3H2,1-2H3,(H,29,31)/b27-16-. The minimum atomic E-state index is -0.366. The minimum absolute atomic E-state index is 0.0246. The Morgan fingerprint density at radius 1 is 1.09 bits per heavy atom. The van der Waals surface area contributed by atoms with Gasteiger partial charge in [0.25, 0.3) is 5.91 Å². The van der Waals surface area contributed by atoms with Gasteiger partial charge in [-0.1, -0.05) is 48.0 Å². The van der Waals surface area contributed by atoms with E-state index in [2.05, 4.69) is 10.5 Å². The maximum Gasteiger partial charge on any atom is 0.272 e. The van der Waals surface area contributed by atoms with Crippen LogP contribution in [0.5, 0.6) is 11.5 Å².